The summed E-state index contributed by atoms with van der Waals surface area (Å²) < 4.78 is 0. The number of piperidine rings is 1. The number of nitrogens with zero attached hydrogens (tertiary/aromatic N) is 3. The standard InChI is InChI=1S/C12H23N3O2/c1-13-5-3-10(4-6-13)15-8-7-14(2)9-11(15)12(16)17/h10-11H,3-9H2,1-2H3,(H,16,17). The molecule has 5 heteroatoms. The molecule has 0 spiro atoms. The van der Waals surface area contributed by atoms with Crippen molar-refractivity contribution in [3.8, 4) is 0 Å². The molecule has 17 heavy (non-hydrogen) atoms. The molecule has 0 aromatic heterocycles. The van der Waals surface area contributed by atoms with Crippen molar-refractivity contribution in [2.75, 3.05) is 46.8 Å². The molecule has 1 N–H and O–H groups in total. The van der Waals surface area contributed by atoms with E-state index >= 15 is 0 Å². The normalized spacial score (nSPS) is 30.6. The van der Waals surface area contributed by atoms with Gasteiger partial charge in [0.25, 0.3) is 0 Å². The second-order valence-corrected chi connectivity index (χ2v) is 5.39. The number of carboxylic acids is 1. The zero-order valence-corrected chi connectivity index (χ0v) is 10.8. The van der Waals surface area contributed by atoms with Crippen LogP contribution in [0.15, 0.2) is 0 Å². The molecular formula is C12H23N3O2. The Labute approximate surface area is 103 Å². The van der Waals surface area contributed by atoms with E-state index in [0.717, 1.165) is 39.0 Å². The van der Waals surface area contributed by atoms with Crippen LogP contribution in [0.3, 0.4) is 0 Å². The topological polar surface area (TPSA) is 47.0 Å². The Morgan fingerprint density at radius 2 is 1.71 bits per heavy atom. The molecule has 0 saturated carbocycles. The summed E-state index contributed by atoms with van der Waals surface area (Å²) in [4.78, 5) is 18.0. The van der Waals surface area contributed by atoms with E-state index in [1.54, 1.807) is 0 Å². The molecule has 0 aromatic carbocycles. The van der Waals surface area contributed by atoms with Crippen LogP contribution in [-0.2, 0) is 4.79 Å². The van der Waals surface area contributed by atoms with Gasteiger partial charge in [0.05, 0.1) is 0 Å². The van der Waals surface area contributed by atoms with Gasteiger partial charge >= 0.3 is 5.97 Å². The van der Waals surface area contributed by atoms with Crippen LogP contribution in [0.5, 0.6) is 0 Å². The van der Waals surface area contributed by atoms with Gasteiger partial charge in [-0.15, -0.1) is 0 Å². The lowest BCUT2D eigenvalue weighted by molar-refractivity contribution is -0.147. The molecular weight excluding hydrogens is 218 g/mol. The number of likely N-dealkylation sites (N-methyl/N-ethyl adjacent to an activating group) is 1. The highest BCUT2D eigenvalue weighted by Gasteiger charge is 2.36. The SMILES string of the molecule is CN1CCC(N2CCN(C)CC2C(=O)O)CC1. The van der Waals surface area contributed by atoms with Gasteiger partial charge in [-0.05, 0) is 40.0 Å². The molecule has 2 aliphatic rings. The minimum atomic E-state index is -0.671. The zero-order chi connectivity index (χ0) is 12.4. The summed E-state index contributed by atoms with van der Waals surface area (Å²) in [6.07, 6.45) is 2.20. The van der Waals surface area contributed by atoms with Crippen LogP contribution in [0.1, 0.15) is 12.8 Å². The Bertz CT molecular complexity index is 277. The molecule has 0 radical (unpaired) electrons. The highest BCUT2D eigenvalue weighted by Crippen LogP contribution is 2.20. The maximum atomic E-state index is 11.3. The molecule has 1 atom stereocenters. The van der Waals surface area contributed by atoms with Crippen molar-refractivity contribution < 1.29 is 9.90 Å². The van der Waals surface area contributed by atoms with E-state index in [1.165, 1.54) is 0 Å². The molecule has 2 fully saturated rings. The van der Waals surface area contributed by atoms with Crippen LogP contribution in [0.25, 0.3) is 0 Å². The lowest BCUT2D eigenvalue weighted by Gasteiger charge is -2.44. The third kappa shape index (κ3) is 2.97. The lowest BCUT2D eigenvalue weighted by Crippen LogP contribution is -2.60. The Balaban J connectivity index is 2.00. The second kappa shape index (κ2) is 5.33. The fourth-order valence-corrected chi connectivity index (χ4v) is 2.92. The molecule has 2 aliphatic heterocycles. The number of rotatable bonds is 2. The molecule has 2 saturated heterocycles. The minimum Gasteiger partial charge on any atom is -0.480 e. The number of hydrogen-bond acceptors (Lipinski definition) is 4. The lowest BCUT2D eigenvalue weighted by atomic mass is 10.00. The molecule has 2 rings (SSSR count). The molecule has 0 aliphatic carbocycles. The summed E-state index contributed by atoms with van der Waals surface area (Å²) in [5.41, 5.74) is 0. The van der Waals surface area contributed by atoms with E-state index in [-0.39, 0.29) is 6.04 Å². The first kappa shape index (κ1) is 12.8. The number of carbonyl (C=O) groups is 1. The quantitative estimate of drug-likeness (QED) is 0.724. The van der Waals surface area contributed by atoms with E-state index < -0.39 is 5.97 Å². The average Bonchev–Trinajstić information content (AvgIpc) is 2.30. The summed E-state index contributed by atoms with van der Waals surface area (Å²) >= 11 is 0. The van der Waals surface area contributed by atoms with Gasteiger partial charge in [0, 0.05) is 25.7 Å². The molecule has 0 bridgehead atoms. The third-order valence-corrected chi connectivity index (χ3v) is 4.07. The third-order valence-electron chi connectivity index (χ3n) is 4.07. The number of aliphatic carboxylic acids is 1. The highest BCUT2D eigenvalue weighted by atomic mass is 16.4. The Morgan fingerprint density at radius 3 is 2.29 bits per heavy atom. The van der Waals surface area contributed by atoms with Crippen molar-refractivity contribution in [1.82, 2.24) is 14.7 Å². The van der Waals surface area contributed by atoms with E-state index in [0.29, 0.717) is 12.6 Å². The monoisotopic (exact) mass is 241 g/mol. The van der Waals surface area contributed by atoms with E-state index in [2.05, 4.69) is 21.7 Å². The van der Waals surface area contributed by atoms with Crippen LogP contribution < -0.4 is 0 Å². The van der Waals surface area contributed by atoms with Gasteiger partial charge in [0.15, 0.2) is 0 Å². The van der Waals surface area contributed by atoms with Gasteiger partial charge in [-0.2, -0.15) is 0 Å². The number of carboxylic acid groups (broad SMARTS) is 1. The van der Waals surface area contributed by atoms with Gasteiger partial charge in [-0.3, -0.25) is 9.69 Å². The van der Waals surface area contributed by atoms with Crippen molar-refractivity contribution in [2.45, 2.75) is 24.9 Å². The number of piperazine rings is 1. The Morgan fingerprint density at radius 1 is 1.06 bits per heavy atom. The summed E-state index contributed by atoms with van der Waals surface area (Å²) in [6, 6.07) is 0.142. The van der Waals surface area contributed by atoms with Gasteiger partial charge in [0.1, 0.15) is 6.04 Å². The molecule has 2 heterocycles. The van der Waals surface area contributed by atoms with Crippen LogP contribution in [-0.4, -0.2) is 84.7 Å². The fraction of sp³-hybridized carbons (Fsp3) is 0.917. The van der Waals surface area contributed by atoms with Crippen LogP contribution >= 0.6 is 0 Å². The van der Waals surface area contributed by atoms with E-state index in [1.807, 2.05) is 7.05 Å². The summed E-state index contributed by atoms with van der Waals surface area (Å²) in [5.74, 6) is -0.671. The van der Waals surface area contributed by atoms with Crippen LogP contribution in [0, 0.1) is 0 Å². The average molecular weight is 241 g/mol. The van der Waals surface area contributed by atoms with Crippen molar-refractivity contribution >= 4 is 5.97 Å². The first-order chi connectivity index (χ1) is 8.08. The first-order valence-electron chi connectivity index (χ1n) is 6.43. The summed E-state index contributed by atoms with van der Waals surface area (Å²) in [5, 5.41) is 9.33. The van der Waals surface area contributed by atoms with E-state index in [4.69, 9.17) is 0 Å². The number of likely N-dealkylation sites (tertiary alicyclic amines) is 1. The first-order valence-corrected chi connectivity index (χ1v) is 6.43. The van der Waals surface area contributed by atoms with Gasteiger partial charge in [0.2, 0.25) is 0 Å². The van der Waals surface area contributed by atoms with Crippen molar-refractivity contribution in [2.24, 2.45) is 0 Å². The predicted molar refractivity (Wildman–Crippen MR) is 66.1 cm³/mol. The smallest absolute Gasteiger partial charge is 0.322 e. The maximum Gasteiger partial charge on any atom is 0.322 e. The maximum absolute atomic E-state index is 11.3. The molecule has 5 nitrogen and oxygen atoms in total. The van der Waals surface area contributed by atoms with E-state index in [9.17, 15) is 9.90 Å². The predicted octanol–water partition coefficient (Wildman–Crippen LogP) is -0.219. The Hall–Kier alpha value is -0.650. The minimum absolute atomic E-state index is 0.317. The summed E-state index contributed by atoms with van der Waals surface area (Å²) in [6.45, 7) is 4.70. The van der Waals surface area contributed by atoms with Crippen molar-refractivity contribution in [3.05, 3.63) is 0 Å². The van der Waals surface area contributed by atoms with Gasteiger partial charge in [-0.25, -0.2) is 0 Å². The largest absolute Gasteiger partial charge is 0.480 e. The van der Waals surface area contributed by atoms with Crippen LogP contribution in [0.4, 0.5) is 0 Å². The van der Waals surface area contributed by atoms with Gasteiger partial charge in [-0.1, -0.05) is 0 Å². The Kier molecular flexibility index (Phi) is 4.01. The molecule has 0 aromatic rings. The molecule has 1 unspecified atom stereocenters. The second-order valence-electron chi connectivity index (χ2n) is 5.39. The zero-order valence-electron chi connectivity index (χ0n) is 10.8. The van der Waals surface area contributed by atoms with Crippen molar-refractivity contribution in [3.63, 3.8) is 0 Å². The van der Waals surface area contributed by atoms with Gasteiger partial charge < -0.3 is 14.9 Å². The molecule has 0 amide bonds. The number of hydrogen-bond donors (Lipinski definition) is 1. The molecule has 98 valence electrons. The highest BCUT2D eigenvalue weighted by molar-refractivity contribution is 5.74. The fourth-order valence-electron chi connectivity index (χ4n) is 2.92. The van der Waals surface area contributed by atoms with Crippen molar-refractivity contribution in [1.29, 1.82) is 0 Å². The summed E-state index contributed by atoms with van der Waals surface area (Å²) in [7, 11) is 4.14. The van der Waals surface area contributed by atoms with Crippen LogP contribution in [0.2, 0.25) is 0 Å².